The molecule has 96 valence electrons. The molecule has 0 heterocycles. The average Bonchev–Trinajstić information content (AvgIpc) is 2.15. The van der Waals surface area contributed by atoms with Crippen molar-refractivity contribution in [1.82, 2.24) is 0 Å². The molecule has 0 atom stereocenters. The molecule has 5 heteroatoms. The number of sulfone groups is 1. The molecule has 0 saturated carbocycles. The van der Waals surface area contributed by atoms with E-state index in [9.17, 15) is 8.42 Å². The van der Waals surface area contributed by atoms with Crippen molar-refractivity contribution in [2.75, 3.05) is 23.8 Å². The second kappa shape index (κ2) is 5.91. The van der Waals surface area contributed by atoms with Crippen LogP contribution in [-0.2, 0) is 9.84 Å². The summed E-state index contributed by atoms with van der Waals surface area (Å²) in [6.07, 6.45) is 0. The average molecular weight is 257 g/mol. The Morgan fingerprint density at radius 2 is 2.06 bits per heavy atom. The molecule has 4 nitrogen and oxygen atoms in total. The van der Waals surface area contributed by atoms with Gasteiger partial charge in [-0.1, -0.05) is 19.9 Å². The molecule has 0 unspecified atom stereocenters. The highest BCUT2D eigenvalue weighted by atomic mass is 32.2. The molecule has 2 N–H and O–H groups in total. The maximum absolute atomic E-state index is 11.6. The molecule has 0 aromatic heterocycles. The summed E-state index contributed by atoms with van der Waals surface area (Å²) >= 11 is 0. The summed E-state index contributed by atoms with van der Waals surface area (Å²) in [5.74, 6) is 0.991. The molecule has 0 aliphatic heterocycles. The van der Waals surface area contributed by atoms with Gasteiger partial charge in [0.2, 0.25) is 0 Å². The highest BCUT2D eigenvalue weighted by molar-refractivity contribution is 7.91. The second-order valence-electron chi connectivity index (χ2n) is 4.43. The largest absolute Gasteiger partial charge is 0.492 e. The lowest BCUT2D eigenvalue weighted by Crippen LogP contribution is -2.19. The number of nitrogens with two attached hydrogens (primary N) is 1. The van der Waals surface area contributed by atoms with Gasteiger partial charge in [0, 0.05) is 11.8 Å². The highest BCUT2D eigenvalue weighted by Gasteiger charge is 2.13. The van der Waals surface area contributed by atoms with Crippen molar-refractivity contribution < 1.29 is 13.2 Å². The molecule has 17 heavy (non-hydrogen) atoms. The van der Waals surface area contributed by atoms with Crippen LogP contribution in [0.1, 0.15) is 13.8 Å². The van der Waals surface area contributed by atoms with Crippen molar-refractivity contribution in [1.29, 1.82) is 0 Å². The third-order valence-electron chi connectivity index (χ3n) is 2.11. The molecule has 1 aromatic rings. The minimum absolute atomic E-state index is 0.0416. The molecule has 1 rings (SSSR count). The summed E-state index contributed by atoms with van der Waals surface area (Å²) in [5.41, 5.74) is 6.19. The highest BCUT2D eigenvalue weighted by Crippen LogP contribution is 2.14. The number of hydrogen-bond acceptors (Lipinski definition) is 4. The zero-order chi connectivity index (χ0) is 12.9. The van der Waals surface area contributed by atoms with Crippen molar-refractivity contribution in [3.63, 3.8) is 0 Å². The van der Waals surface area contributed by atoms with Gasteiger partial charge in [-0.15, -0.1) is 0 Å². The van der Waals surface area contributed by atoms with Gasteiger partial charge in [-0.25, -0.2) is 8.42 Å². The maximum Gasteiger partial charge on any atom is 0.153 e. The van der Waals surface area contributed by atoms with Crippen LogP contribution in [0.2, 0.25) is 0 Å². The first-order chi connectivity index (χ1) is 7.89. The number of hydrogen-bond donors (Lipinski definition) is 1. The minimum Gasteiger partial charge on any atom is -0.492 e. The van der Waals surface area contributed by atoms with Gasteiger partial charge < -0.3 is 10.5 Å². The lowest BCUT2D eigenvalue weighted by atomic mass is 10.3. The van der Waals surface area contributed by atoms with Gasteiger partial charge in [0.25, 0.3) is 0 Å². The predicted molar refractivity (Wildman–Crippen MR) is 69.8 cm³/mol. The van der Waals surface area contributed by atoms with Crippen molar-refractivity contribution >= 4 is 15.5 Å². The Hall–Kier alpha value is -1.23. The van der Waals surface area contributed by atoms with Crippen molar-refractivity contribution in [2.45, 2.75) is 13.8 Å². The number of nitrogen functional groups attached to an aromatic ring is 1. The third-order valence-corrected chi connectivity index (χ3v) is 4.07. The zero-order valence-electron chi connectivity index (χ0n) is 10.2. The van der Waals surface area contributed by atoms with Crippen LogP contribution < -0.4 is 10.5 Å². The molecule has 0 spiro atoms. The first-order valence-corrected chi connectivity index (χ1v) is 7.40. The standard InChI is InChI=1S/C12H19NO3S/c1-10(2)9-17(14,15)7-6-16-12-5-3-4-11(13)8-12/h3-5,8,10H,6-7,9,13H2,1-2H3. The van der Waals surface area contributed by atoms with Gasteiger partial charge in [0.15, 0.2) is 9.84 Å². The van der Waals surface area contributed by atoms with Gasteiger partial charge in [0.05, 0.1) is 11.5 Å². The van der Waals surface area contributed by atoms with E-state index in [0.717, 1.165) is 0 Å². The zero-order valence-corrected chi connectivity index (χ0v) is 11.0. The van der Waals surface area contributed by atoms with Crippen LogP contribution in [0.15, 0.2) is 24.3 Å². The number of benzene rings is 1. The van der Waals surface area contributed by atoms with E-state index in [1.165, 1.54) is 0 Å². The van der Waals surface area contributed by atoms with Crippen LogP contribution in [0.4, 0.5) is 5.69 Å². The molecule has 0 aliphatic carbocycles. The van der Waals surface area contributed by atoms with Crippen LogP contribution in [0.5, 0.6) is 5.75 Å². The van der Waals surface area contributed by atoms with Crippen LogP contribution in [0.3, 0.4) is 0 Å². The molecule has 1 aromatic carbocycles. The Kier molecular flexibility index (Phi) is 4.81. The monoisotopic (exact) mass is 257 g/mol. The Balaban J connectivity index is 2.43. The molecule has 0 saturated heterocycles. The summed E-state index contributed by atoms with van der Waals surface area (Å²) in [7, 11) is -3.02. The summed E-state index contributed by atoms with van der Waals surface area (Å²) in [4.78, 5) is 0. The molecule has 0 aliphatic rings. The van der Waals surface area contributed by atoms with Gasteiger partial charge in [-0.05, 0) is 18.1 Å². The summed E-state index contributed by atoms with van der Waals surface area (Å²) in [5, 5.41) is 0. The van der Waals surface area contributed by atoms with Crippen LogP contribution >= 0.6 is 0 Å². The lowest BCUT2D eigenvalue weighted by Gasteiger charge is -2.09. The van der Waals surface area contributed by atoms with Gasteiger partial charge in [-0.3, -0.25) is 0 Å². The first-order valence-electron chi connectivity index (χ1n) is 5.58. The minimum atomic E-state index is -3.02. The topological polar surface area (TPSA) is 69.4 Å². The Labute approximate surface area is 103 Å². The summed E-state index contributed by atoms with van der Waals surface area (Å²) in [6, 6.07) is 6.95. The number of anilines is 1. The maximum atomic E-state index is 11.6. The van der Waals surface area contributed by atoms with Crippen LogP contribution in [0, 0.1) is 5.92 Å². The van der Waals surface area contributed by atoms with Gasteiger partial charge in [0.1, 0.15) is 12.4 Å². The lowest BCUT2D eigenvalue weighted by molar-refractivity contribution is 0.341. The van der Waals surface area contributed by atoms with Gasteiger partial charge in [-0.2, -0.15) is 0 Å². The molecule has 0 amide bonds. The fraction of sp³-hybridized carbons (Fsp3) is 0.500. The smallest absolute Gasteiger partial charge is 0.153 e. The van der Waals surface area contributed by atoms with Crippen LogP contribution in [0.25, 0.3) is 0 Å². The van der Waals surface area contributed by atoms with Crippen LogP contribution in [-0.4, -0.2) is 26.5 Å². The molecule has 0 fully saturated rings. The van der Waals surface area contributed by atoms with Gasteiger partial charge >= 0.3 is 0 Å². The van der Waals surface area contributed by atoms with E-state index < -0.39 is 9.84 Å². The quantitative estimate of drug-likeness (QED) is 0.788. The SMILES string of the molecule is CC(C)CS(=O)(=O)CCOc1cccc(N)c1. The third kappa shape index (κ3) is 5.58. The van der Waals surface area contributed by atoms with E-state index in [-0.39, 0.29) is 24.0 Å². The van der Waals surface area contributed by atoms with E-state index in [1.54, 1.807) is 24.3 Å². The fourth-order valence-electron chi connectivity index (χ4n) is 1.48. The van der Waals surface area contributed by atoms with Crippen molar-refractivity contribution in [2.24, 2.45) is 5.92 Å². The van der Waals surface area contributed by atoms with E-state index in [0.29, 0.717) is 11.4 Å². The van der Waals surface area contributed by atoms with E-state index in [4.69, 9.17) is 10.5 Å². The molecular weight excluding hydrogens is 238 g/mol. The number of ether oxygens (including phenoxy) is 1. The summed E-state index contributed by atoms with van der Waals surface area (Å²) in [6.45, 7) is 3.94. The number of rotatable bonds is 6. The molecule has 0 radical (unpaired) electrons. The second-order valence-corrected chi connectivity index (χ2v) is 6.66. The predicted octanol–water partition coefficient (Wildman–Crippen LogP) is 1.72. The Morgan fingerprint density at radius 1 is 1.35 bits per heavy atom. The normalized spacial score (nSPS) is 11.7. The van der Waals surface area contributed by atoms with E-state index in [1.807, 2.05) is 13.8 Å². The van der Waals surface area contributed by atoms with Crippen molar-refractivity contribution in [3.8, 4) is 5.75 Å². The Bertz CT molecular complexity index is 455. The van der Waals surface area contributed by atoms with E-state index >= 15 is 0 Å². The van der Waals surface area contributed by atoms with E-state index in [2.05, 4.69) is 0 Å². The summed E-state index contributed by atoms with van der Waals surface area (Å²) < 4.78 is 28.5. The Morgan fingerprint density at radius 3 is 2.65 bits per heavy atom. The van der Waals surface area contributed by atoms with Crippen molar-refractivity contribution in [3.05, 3.63) is 24.3 Å². The fourth-order valence-corrected chi connectivity index (χ4v) is 3.00. The first kappa shape index (κ1) is 13.8. The molecular formula is C12H19NO3S. The molecule has 0 bridgehead atoms.